The Balaban J connectivity index is 2.36. The van der Waals surface area contributed by atoms with E-state index in [9.17, 15) is 0 Å². The molecular formula is C17H24N2O2. The van der Waals surface area contributed by atoms with Gasteiger partial charge < -0.3 is 15.2 Å². The van der Waals surface area contributed by atoms with Crippen molar-refractivity contribution in [2.24, 2.45) is 5.41 Å². The number of rotatable bonds is 6. The Kier molecular flexibility index (Phi) is 4.68. The predicted octanol–water partition coefficient (Wildman–Crippen LogP) is 3.37. The molecule has 1 aromatic heterocycles. The number of aryl methyl sites for hydroxylation is 1. The highest BCUT2D eigenvalue weighted by Crippen LogP contribution is 2.31. The van der Waals surface area contributed by atoms with Gasteiger partial charge in [0.15, 0.2) is 0 Å². The predicted molar refractivity (Wildman–Crippen MR) is 87.0 cm³/mol. The number of aliphatic hydroxyl groups is 1. The van der Waals surface area contributed by atoms with Crippen molar-refractivity contribution in [2.75, 3.05) is 25.6 Å². The molecule has 0 bridgehead atoms. The minimum atomic E-state index is 0.0388. The van der Waals surface area contributed by atoms with Crippen molar-refractivity contribution in [2.45, 2.75) is 27.2 Å². The number of nitrogens with one attached hydrogen (secondary N) is 1. The highest BCUT2D eigenvalue weighted by Gasteiger charge is 2.17. The summed E-state index contributed by atoms with van der Waals surface area (Å²) in [7, 11) is 1.66. The fourth-order valence-corrected chi connectivity index (χ4v) is 2.39. The average Bonchev–Trinajstić information content (AvgIpc) is 2.44. The van der Waals surface area contributed by atoms with Crippen LogP contribution in [0.5, 0.6) is 5.75 Å². The zero-order valence-corrected chi connectivity index (χ0v) is 13.2. The van der Waals surface area contributed by atoms with E-state index < -0.39 is 0 Å². The second-order valence-corrected chi connectivity index (χ2v) is 6.16. The molecular weight excluding hydrogens is 264 g/mol. The summed E-state index contributed by atoms with van der Waals surface area (Å²) >= 11 is 0. The molecule has 0 amide bonds. The first-order valence-corrected chi connectivity index (χ1v) is 7.26. The second-order valence-electron chi connectivity index (χ2n) is 6.16. The van der Waals surface area contributed by atoms with E-state index in [1.807, 2.05) is 25.1 Å². The van der Waals surface area contributed by atoms with Crippen molar-refractivity contribution in [3.63, 3.8) is 0 Å². The van der Waals surface area contributed by atoms with E-state index in [0.29, 0.717) is 0 Å². The van der Waals surface area contributed by atoms with Crippen LogP contribution in [-0.2, 0) is 0 Å². The summed E-state index contributed by atoms with van der Waals surface area (Å²) in [4.78, 5) is 4.58. The number of aromatic nitrogens is 1. The lowest BCUT2D eigenvalue weighted by Crippen LogP contribution is -2.24. The van der Waals surface area contributed by atoms with Crippen LogP contribution in [-0.4, -0.2) is 30.4 Å². The average molecular weight is 288 g/mol. The Bertz CT molecular complexity index is 623. The fourth-order valence-electron chi connectivity index (χ4n) is 2.39. The van der Waals surface area contributed by atoms with Crippen molar-refractivity contribution in [1.29, 1.82) is 0 Å². The van der Waals surface area contributed by atoms with Gasteiger partial charge in [-0.15, -0.1) is 0 Å². The van der Waals surface area contributed by atoms with E-state index in [1.165, 1.54) is 0 Å². The van der Waals surface area contributed by atoms with Gasteiger partial charge in [-0.2, -0.15) is 0 Å². The zero-order chi connectivity index (χ0) is 15.5. The lowest BCUT2D eigenvalue weighted by Gasteiger charge is -2.25. The van der Waals surface area contributed by atoms with Gasteiger partial charge >= 0.3 is 0 Å². The Morgan fingerprint density at radius 3 is 2.76 bits per heavy atom. The van der Waals surface area contributed by atoms with E-state index in [1.54, 1.807) is 7.11 Å². The minimum Gasteiger partial charge on any atom is -0.494 e. The Morgan fingerprint density at radius 2 is 2.10 bits per heavy atom. The first-order chi connectivity index (χ1) is 9.96. The summed E-state index contributed by atoms with van der Waals surface area (Å²) in [5, 5.41) is 13.7. The maximum Gasteiger partial charge on any atom is 0.145 e. The number of fused-ring (bicyclic) bond motifs is 1. The SMILES string of the molecule is COc1cccc2c(NCC(C)(C)CCO)cc(C)nc12. The molecule has 0 aliphatic carbocycles. The third kappa shape index (κ3) is 3.64. The monoisotopic (exact) mass is 288 g/mol. The summed E-state index contributed by atoms with van der Waals surface area (Å²) in [6.45, 7) is 7.28. The van der Waals surface area contributed by atoms with Gasteiger partial charge in [0.25, 0.3) is 0 Å². The third-order valence-electron chi connectivity index (χ3n) is 3.70. The normalized spacial score (nSPS) is 11.7. The third-order valence-corrected chi connectivity index (χ3v) is 3.70. The molecule has 2 aromatic rings. The van der Waals surface area contributed by atoms with Crippen LogP contribution in [0.3, 0.4) is 0 Å². The number of methoxy groups -OCH3 is 1. The highest BCUT2D eigenvalue weighted by atomic mass is 16.5. The molecule has 2 rings (SSSR count). The van der Waals surface area contributed by atoms with Crippen LogP contribution in [0.25, 0.3) is 10.9 Å². The van der Waals surface area contributed by atoms with E-state index in [0.717, 1.165) is 41.0 Å². The number of ether oxygens (including phenoxy) is 1. The van der Waals surface area contributed by atoms with Gasteiger partial charge in [0.1, 0.15) is 11.3 Å². The first kappa shape index (κ1) is 15.6. The molecule has 0 spiro atoms. The van der Waals surface area contributed by atoms with Crippen LogP contribution < -0.4 is 10.1 Å². The lowest BCUT2D eigenvalue weighted by molar-refractivity contribution is 0.220. The smallest absolute Gasteiger partial charge is 0.145 e. The summed E-state index contributed by atoms with van der Waals surface area (Å²) in [6, 6.07) is 8.00. The Labute approximate surface area is 126 Å². The highest BCUT2D eigenvalue weighted by molar-refractivity contribution is 5.95. The molecule has 4 nitrogen and oxygen atoms in total. The molecule has 4 heteroatoms. The van der Waals surface area contributed by atoms with E-state index in [4.69, 9.17) is 9.84 Å². The largest absolute Gasteiger partial charge is 0.494 e. The minimum absolute atomic E-state index is 0.0388. The second kappa shape index (κ2) is 6.31. The van der Waals surface area contributed by atoms with Crippen LogP contribution in [0.4, 0.5) is 5.69 Å². The first-order valence-electron chi connectivity index (χ1n) is 7.26. The van der Waals surface area contributed by atoms with Gasteiger partial charge in [-0.25, -0.2) is 4.98 Å². The summed E-state index contributed by atoms with van der Waals surface area (Å²) < 4.78 is 5.40. The van der Waals surface area contributed by atoms with Crippen LogP contribution in [0, 0.1) is 12.3 Å². The molecule has 114 valence electrons. The lowest BCUT2D eigenvalue weighted by atomic mass is 9.89. The van der Waals surface area contributed by atoms with Gasteiger partial charge in [-0.3, -0.25) is 0 Å². The number of nitrogens with zero attached hydrogens (tertiary/aromatic N) is 1. The molecule has 1 aromatic carbocycles. The van der Waals surface area contributed by atoms with Crippen molar-refractivity contribution in [1.82, 2.24) is 4.98 Å². The van der Waals surface area contributed by atoms with Crippen LogP contribution in [0.2, 0.25) is 0 Å². The van der Waals surface area contributed by atoms with Crippen LogP contribution in [0.1, 0.15) is 26.0 Å². The molecule has 21 heavy (non-hydrogen) atoms. The molecule has 0 saturated carbocycles. The van der Waals surface area contributed by atoms with E-state index in [-0.39, 0.29) is 12.0 Å². The number of anilines is 1. The van der Waals surface area contributed by atoms with Crippen LogP contribution in [0.15, 0.2) is 24.3 Å². The molecule has 0 unspecified atom stereocenters. The van der Waals surface area contributed by atoms with Gasteiger partial charge in [-0.05, 0) is 30.9 Å². The summed E-state index contributed by atoms with van der Waals surface area (Å²) in [5.41, 5.74) is 2.93. The van der Waals surface area contributed by atoms with Crippen molar-refractivity contribution in [3.05, 3.63) is 30.0 Å². The zero-order valence-electron chi connectivity index (χ0n) is 13.2. The quantitative estimate of drug-likeness (QED) is 0.855. The van der Waals surface area contributed by atoms with E-state index >= 15 is 0 Å². The summed E-state index contributed by atoms with van der Waals surface area (Å²) in [6.07, 6.45) is 0.769. The van der Waals surface area contributed by atoms with E-state index in [2.05, 4.69) is 30.2 Å². The summed E-state index contributed by atoms with van der Waals surface area (Å²) in [5.74, 6) is 0.786. The number of aliphatic hydroxyl groups excluding tert-OH is 1. The Hall–Kier alpha value is -1.81. The maximum absolute atomic E-state index is 9.13. The molecule has 0 saturated heterocycles. The number of pyridine rings is 1. The van der Waals surface area contributed by atoms with Crippen molar-refractivity contribution in [3.8, 4) is 5.75 Å². The van der Waals surface area contributed by atoms with Gasteiger partial charge in [0.2, 0.25) is 0 Å². The fraction of sp³-hybridized carbons (Fsp3) is 0.471. The van der Waals surface area contributed by atoms with Crippen molar-refractivity contribution < 1.29 is 9.84 Å². The molecule has 1 heterocycles. The molecule has 2 N–H and O–H groups in total. The topological polar surface area (TPSA) is 54.4 Å². The van der Waals surface area contributed by atoms with Gasteiger partial charge in [0, 0.05) is 29.9 Å². The molecule has 0 atom stereocenters. The number of benzene rings is 1. The Morgan fingerprint density at radius 1 is 1.33 bits per heavy atom. The molecule has 0 radical (unpaired) electrons. The molecule has 0 aliphatic heterocycles. The van der Waals surface area contributed by atoms with Crippen LogP contribution >= 0.6 is 0 Å². The molecule has 0 fully saturated rings. The van der Waals surface area contributed by atoms with Crippen molar-refractivity contribution >= 4 is 16.6 Å². The standard InChI is InChI=1S/C17H24N2O2/c1-12-10-14(18-11-17(2,3)8-9-20)13-6-5-7-15(21-4)16(13)19-12/h5-7,10,20H,8-9,11H2,1-4H3,(H,18,19). The maximum atomic E-state index is 9.13. The number of hydrogen-bond acceptors (Lipinski definition) is 4. The number of hydrogen-bond donors (Lipinski definition) is 2. The molecule has 0 aliphatic rings. The number of para-hydroxylation sites is 1. The van der Waals surface area contributed by atoms with Gasteiger partial charge in [-0.1, -0.05) is 26.0 Å². The van der Waals surface area contributed by atoms with Gasteiger partial charge in [0.05, 0.1) is 7.11 Å².